The van der Waals surface area contributed by atoms with E-state index in [-0.39, 0.29) is 102 Å². The summed E-state index contributed by atoms with van der Waals surface area (Å²) in [6, 6.07) is 0. The number of halogens is 7. The third-order valence-corrected chi connectivity index (χ3v) is 32.9. The van der Waals surface area contributed by atoms with Gasteiger partial charge in [-0.2, -0.15) is 28.4 Å². The minimum atomic E-state index is -5.38. The first kappa shape index (κ1) is 96.7. The van der Waals surface area contributed by atoms with E-state index in [4.69, 9.17) is 143 Å². The van der Waals surface area contributed by atoms with Gasteiger partial charge in [-0.3, -0.25) is 88.4 Å². The summed E-state index contributed by atoms with van der Waals surface area (Å²) in [7, 11) is -15.6. The van der Waals surface area contributed by atoms with Crippen LogP contribution in [0.5, 0.6) is 0 Å². The number of ether oxygens (including phenoxy) is 4. The Bertz CT molecular complexity index is 6950. The number of nitrogens with one attached hydrogen (secondary N) is 3. The number of alkyl halides is 7. The van der Waals surface area contributed by atoms with E-state index in [2.05, 4.69) is 107 Å². The highest BCUT2D eigenvalue weighted by atomic mass is 32.9. The van der Waals surface area contributed by atoms with Crippen LogP contribution in [-0.2, 0) is 122 Å². The molecule has 0 aromatic carbocycles. The topological polar surface area (TPSA) is 791 Å². The Hall–Kier alpha value is -8.21. The second-order valence-electron chi connectivity index (χ2n) is 30.2. The maximum Gasteiger partial charge on any atom is 0.472 e. The summed E-state index contributed by atoms with van der Waals surface area (Å²) in [6.45, 7) is -13.6. The van der Waals surface area contributed by atoms with E-state index < -0.39 is 243 Å². The predicted octanol–water partition coefficient (Wildman–Crippen LogP) is 1.25. The molecule has 6 bridgehead atoms. The summed E-state index contributed by atoms with van der Waals surface area (Å²) in [5.74, 6) is -5.02. The number of aromatic amines is 3. The van der Waals surface area contributed by atoms with Crippen molar-refractivity contribution < 1.29 is 142 Å². The number of rotatable bonds is 6. The molecule has 21 heterocycles. The smallest absolute Gasteiger partial charge is 0.382 e. The number of anilines is 6. The van der Waals surface area contributed by atoms with Crippen LogP contribution in [0.2, 0.25) is 0 Å². The van der Waals surface area contributed by atoms with Gasteiger partial charge in [0.2, 0.25) is 29.8 Å². The number of nitrogens with two attached hydrogens (primary N) is 6. The summed E-state index contributed by atoms with van der Waals surface area (Å²) in [4.78, 5) is 153. The number of hydrogen-bond acceptors (Lipinski definition) is 49. The third-order valence-electron chi connectivity index (χ3n) is 21.6. The molecular formula is C59H64F7N31O27P6S6. The Kier molecular flexibility index (Phi) is 25.9. The average molecular weight is 2150 g/mol. The number of H-pyrrole nitrogens is 3. The number of fused-ring (bicyclic) bond motifs is 15. The lowest BCUT2D eigenvalue weighted by molar-refractivity contribution is -0.141. The molecule has 0 amide bonds. The largest absolute Gasteiger partial charge is 0.472 e. The van der Waals surface area contributed by atoms with Crippen molar-refractivity contribution in [1.82, 2.24) is 123 Å². The molecule has 0 radical (unpaired) electrons. The highest BCUT2D eigenvalue weighted by Gasteiger charge is 2.65. The van der Waals surface area contributed by atoms with Crippen molar-refractivity contribution in [2.24, 2.45) is 0 Å². The van der Waals surface area contributed by atoms with E-state index in [0.717, 1.165) is 59.7 Å². The van der Waals surface area contributed by atoms with Crippen molar-refractivity contribution in [2.75, 3.05) is 74.0 Å². The van der Waals surface area contributed by atoms with Crippen LogP contribution in [0.15, 0.2) is 65.0 Å². The quantitative estimate of drug-likeness (QED) is 0.0633. The highest BCUT2D eigenvalue weighted by molar-refractivity contribution is 8.60. The van der Waals surface area contributed by atoms with E-state index >= 15 is 30.7 Å². The second-order valence-corrected chi connectivity index (χ2v) is 47.9. The fourth-order valence-corrected chi connectivity index (χ4v) is 26.5. The monoisotopic (exact) mass is 2150 g/mol. The lowest BCUT2D eigenvalue weighted by Gasteiger charge is -2.28. The summed E-state index contributed by atoms with van der Waals surface area (Å²) >= 11 is 21.8. The molecule has 58 nitrogen and oxygen atoms in total. The Balaban J connectivity index is 0.000000131. The van der Waals surface area contributed by atoms with E-state index in [9.17, 15) is 52.5 Å². The summed E-state index contributed by atoms with van der Waals surface area (Å²) in [5.41, 5.74) is 28.3. The molecule has 20 N–H and O–H groups in total. The van der Waals surface area contributed by atoms with Gasteiger partial charge in [-0.1, -0.05) is 17.5 Å². The number of thioether (sulfide) groups is 2. The summed E-state index contributed by atoms with van der Waals surface area (Å²) in [6.07, 6.45) is -25.4. The van der Waals surface area contributed by atoms with Gasteiger partial charge < -0.3 is 95.9 Å². The average Bonchev–Trinajstić information content (AvgIpc) is 1.60. The molecule has 29 atom stereocenters. The maximum absolute atomic E-state index is 16.0. The van der Waals surface area contributed by atoms with Crippen LogP contribution in [0.1, 0.15) is 35.7 Å². The van der Waals surface area contributed by atoms with Gasteiger partial charge in [0.05, 0.1) is 81.8 Å². The van der Waals surface area contributed by atoms with Crippen molar-refractivity contribution in [3.63, 3.8) is 0 Å². The van der Waals surface area contributed by atoms with Crippen LogP contribution in [0.3, 0.4) is 0 Å². The van der Waals surface area contributed by atoms with Crippen molar-refractivity contribution in [1.29, 1.82) is 0 Å². The van der Waals surface area contributed by atoms with Crippen LogP contribution in [0.25, 0.3) is 67.0 Å². The van der Waals surface area contributed by atoms with Crippen LogP contribution in [0, 0.1) is 0 Å². The summed E-state index contributed by atoms with van der Waals surface area (Å²) < 4.78 is 244. The van der Waals surface area contributed by atoms with Gasteiger partial charge in [0.15, 0.2) is 117 Å². The van der Waals surface area contributed by atoms with Gasteiger partial charge in [0.1, 0.15) is 108 Å². The van der Waals surface area contributed by atoms with E-state index in [1.54, 1.807) is 0 Å². The lowest BCUT2D eigenvalue weighted by Crippen LogP contribution is -2.41. The zero-order valence-corrected chi connectivity index (χ0v) is 77.3. The van der Waals surface area contributed by atoms with Gasteiger partial charge in [-0.05, 0) is 35.4 Å². The second kappa shape index (κ2) is 36.4. The molecule has 732 valence electrons. The minimum absolute atomic E-state index is 0.0109. The molecule has 0 spiro atoms. The molecule has 12 aromatic rings. The van der Waals surface area contributed by atoms with E-state index in [0.29, 0.717) is 4.68 Å². The Morgan fingerprint density at radius 3 is 1.28 bits per heavy atom. The number of hydrogen-bond donors (Lipinski definition) is 15. The molecule has 9 fully saturated rings. The standard InChI is InChI=1S/C20H22F2N10O10P2S.C20H22F2N10O8P2S3.C19H20F3N11O9P2S2/c21-8-6-1-37-43(34,35)41-12-7(40-18(9(12)22)31-4-27-10-14(23)25-3-26-15(10)31)2-38-44(36,45)42-13(8)19(39-6)32-5-28-11-16(32)29-20(24)30-17(11)33;21-8-7-2-36-41(34,35)39-12-6(38-18(9(12)22)31-4-27-10-14(23)25-3-26-15(10)31)1-37-42(43,44)40-13(8)19(45-7)32-5-28-11-16(32)29-20(24)30-17(11)33;20-7-6-2-38-43(35,36)42-11-5(40-17(19(11,21)22)33-13-8(30-31-33)12(23)25-3-26-13)1-39-44(37,45)41-10(7)16(46-6)32-4-27-9-14(32)28-18(24)29-15(9)34/h3-9,12-13,18-19H,1-2H2,(H,34,35)(H,36,45)(H2,23,25,26)(H3,24,29,30,33);3-9,12-13,18-19H,1-2H2,(H,34,35)(H,43,44)(H2,23,25,26)(H3,24,29,30,33);3-7,10-11,16-17H,1-2H2,(H,35,36)(H,37,45)(H2,23,25,26)(H3,24,28,29,34)/t6-,7-,8-,9-,12-,13-,18-,19-,44?;6-,7-,8+,9+,12-,13-,18-,19-;5-,6-,7+,10-,11-,16-,17-,44?/m111/s1. The van der Waals surface area contributed by atoms with Crippen molar-refractivity contribution >= 4 is 216 Å². The maximum atomic E-state index is 16.0. The Morgan fingerprint density at radius 1 is 0.412 bits per heavy atom. The predicted molar refractivity (Wildman–Crippen MR) is 461 cm³/mol. The lowest BCUT2D eigenvalue weighted by atomic mass is 10.1. The number of phosphoric ester groups is 3. The molecule has 136 heavy (non-hydrogen) atoms. The molecule has 9 aliphatic rings. The number of nitrogen functional groups attached to an aromatic ring is 6. The van der Waals surface area contributed by atoms with Crippen LogP contribution >= 0.6 is 78.4 Å². The molecule has 6 unspecified atom stereocenters. The van der Waals surface area contributed by atoms with E-state index in [1.807, 2.05) is 0 Å². The Labute approximate surface area is 776 Å². The van der Waals surface area contributed by atoms with E-state index in [1.165, 1.54) is 37.3 Å². The van der Waals surface area contributed by atoms with Crippen molar-refractivity contribution in [2.45, 2.75) is 144 Å². The first-order valence-electron chi connectivity index (χ1n) is 38.6. The molecule has 77 heteroatoms. The first-order chi connectivity index (χ1) is 64.3. The zero-order valence-electron chi connectivity index (χ0n) is 67.0. The molecular weight excluding hydrogens is 2090 g/mol. The number of phosphoric acid groups is 3. The fourth-order valence-electron chi connectivity index (χ4n) is 15.6. The normalized spacial score (nSPS) is 37.3. The molecule has 0 aliphatic carbocycles. The van der Waals surface area contributed by atoms with Crippen LogP contribution in [0.4, 0.5) is 66.0 Å². The van der Waals surface area contributed by atoms with Gasteiger partial charge >= 0.3 is 42.8 Å². The van der Waals surface area contributed by atoms with Crippen LogP contribution in [-0.4, -0.2) is 295 Å². The highest BCUT2D eigenvalue weighted by Crippen LogP contribution is 2.64. The molecule has 12 aromatic heterocycles. The third kappa shape index (κ3) is 18.5. The number of aromatic nitrogens is 25. The minimum Gasteiger partial charge on any atom is -0.382 e. The van der Waals surface area contributed by atoms with Gasteiger partial charge in [-0.15, -0.1) is 28.6 Å². The molecule has 0 saturated carbocycles. The van der Waals surface area contributed by atoms with Crippen LogP contribution < -0.4 is 51.1 Å². The van der Waals surface area contributed by atoms with Gasteiger partial charge in [0.25, 0.3) is 16.7 Å². The molecule has 21 rings (SSSR count). The number of thiol groups is 1. The van der Waals surface area contributed by atoms with Crippen molar-refractivity contribution in [3.8, 4) is 0 Å². The molecule has 9 saturated heterocycles. The SMILES string of the molecule is Nc1nc2c(ncn2[C@@H]2O[C@@H]3COP(=O)(O)O[C@H]4[C@@H](F)[C@H](n5cnc6c(N)ncnc65)O[C@@H]4COP(O)(=S)O[C@@H]2[C@@H]3F)c(=O)[nH]1.Nc1nc2c(ncn2[C@@H]2S[C@@H]3COP(=O)(O)O[C@@H]4[C@@H](COP(O)(=S)O[C@@H]2[C@H]3F)O[C@@H](n2nnc3c(N)ncnc32)C4(F)F)c(=O)[nH]1.Nc1nc2c(ncn2[C@@H]2S[C@@H]3COP(=O)(O)O[C@H]4[C@H](F)[C@H](n5cnc6c(N)ncnc65)O[C@@H]4COP(=S)(S)O[C@@H]2[C@H]3F)c(=O)[nH]1. The Morgan fingerprint density at radius 2 is 0.794 bits per heavy atom. The van der Waals surface area contributed by atoms with Gasteiger partial charge in [-0.25, -0.2) is 90.5 Å². The molecule has 9 aliphatic heterocycles. The fraction of sp³-hybridized carbons (Fsp3) is 0.508. The van der Waals surface area contributed by atoms with Gasteiger partial charge in [0, 0.05) is 0 Å². The summed E-state index contributed by atoms with van der Waals surface area (Å²) in [5, 5.41) is 2.70. The number of imidazole rings is 5. The first-order valence-corrected chi connectivity index (χ1v) is 53.9. The van der Waals surface area contributed by atoms with Crippen molar-refractivity contribution in [3.05, 3.63) is 81.7 Å². The zero-order chi connectivity index (χ0) is 96.4. The number of nitrogens with zero attached hydrogens (tertiary/aromatic N) is 22.